The molecule has 25 heavy (non-hydrogen) atoms. The molecule has 2 amide bonds. The second-order valence-electron chi connectivity index (χ2n) is 5.71. The maximum atomic E-state index is 12.5. The number of benzene rings is 1. The molecule has 2 aromatic rings. The summed E-state index contributed by atoms with van der Waals surface area (Å²) < 4.78 is 5.35. The van der Waals surface area contributed by atoms with Crippen LogP contribution in [0.1, 0.15) is 17.4 Å². The molecule has 1 aromatic carbocycles. The lowest BCUT2D eigenvalue weighted by Crippen LogP contribution is -2.36. The van der Waals surface area contributed by atoms with Gasteiger partial charge in [0.15, 0.2) is 0 Å². The van der Waals surface area contributed by atoms with E-state index in [0.717, 1.165) is 18.8 Å². The van der Waals surface area contributed by atoms with Gasteiger partial charge in [0, 0.05) is 43.3 Å². The van der Waals surface area contributed by atoms with E-state index in [2.05, 4.69) is 20.5 Å². The fraction of sp³-hybridized carbons (Fsp3) is 0.278. The van der Waals surface area contributed by atoms with E-state index in [1.54, 1.807) is 36.5 Å². The van der Waals surface area contributed by atoms with Crippen LogP contribution in [0.4, 0.5) is 17.1 Å². The van der Waals surface area contributed by atoms with Gasteiger partial charge in [-0.3, -0.25) is 14.6 Å². The van der Waals surface area contributed by atoms with Crippen molar-refractivity contribution in [2.24, 2.45) is 0 Å². The van der Waals surface area contributed by atoms with E-state index in [9.17, 15) is 9.59 Å². The summed E-state index contributed by atoms with van der Waals surface area (Å²) in [5.74, 6) is -0.460. The van der Waals surface area contributed by atoms with Gasteiger partial charge < -0.3 is 20.3 Å². The third-order valence-corrected chi connectivity index (χ3v) is 3.79. The van der Waals surface area contributed by atoms with Crippen LogP contribution in [0.2, 0.25) is 0 Å². The molecule has 1 aromatic heterocycles. The van der Waals surface area contributed by atoms with Crippen LogP contribution in [0, 0.1) is 0 Å². The minimum absolute atomic E-state index is 0.164. The van der Waals surface area contributed by atoms with Crippen molar-refractivity contribution in [2.45, 2.75) is 6.92 Å². The Morgan fingerprint density at radius 3 is 2.52 bits per heavy atom. The highest BCUT2D eigenvalue weighted by Crippen LogP contribution is 2.18. The third kappa shape index (κ3) is 4.54. The number of nitrogens with zero attached hydrogens (tertiary/aromatic N) is 2. The summed E-state index contributed by atoms with van der Waals surface area (Å²) >= 11 is 0. The first kappa shape index (κ1) is 16.9. The Kier molecular flexibility index (Phi) is 5.25. The zero-order valence-electron chi connectivity index (χ0n) is 14.0. The maximum Gasteiger partial charge on any atom is 0.274 e. The largest absolute Gasteiger partial charge is 0.378 e. The number of aromatic nitrogens is 1. The molecule has 0 bridgehead atoms. The number of anilines is 3. The first-order valence-corrected chi connectivity index (χ1v) is 8.09. The number of carbonyl (C=O) groups excluding carboxylic acids is 2. The van der Waals surface area contributed by atoms with Crippen LogP contribution in [0.3, 0.4) is 0 Å². The van der Waals surface area contributed by atoms with Gasteiger partial charge in [-0.1, -0.05) is 6.07 Å². The minimum atomic E-state index is -0.296. The van der Waals surface area contributed by atoms with Crippen molar-refractivity contribution in [3.63, 3.8) is 0 Å². The summed E-state index contributed by atoms with van der Waals surface area (Å²) in [6, 6.07) is 10.6. The van der Waals surface area contributed by atoms with Crippen molar-refractivity contribution in [2.75, 3.05) is 41.8 Å². The molecule has 0 unspecified atom stereocenters. The lowest BCUT2D eigenvalue weighted by atomic mass is 10.2. The summed E-state index contributed by atoms with van der Waals surface area (Å²) in [7, 11) is 0. The highest BCUT2D eigenvalue weighted by Gasteiger charge is 2.14. The zero-order chi connectivity index (χ0) is 17.6. The van der Waals surface area contributed by atoms with E-state index >= 15 is 0 Å². The van der Waals surface area contributed by atoms with E-state index in [1.165, 1.54) is 6.92 Å². The molecule has 7 heteroatoms. The van der Waals surface area contributed by atoms with E-state index in [0.29, 0.717) is 30.3 Å². The van der Waals surface area contributed by atoms with Crippen LogP contribution in [0.5, 0.6) is 0 Å². The monoisotopic (exact) mass is 340 g/mol. The fourth-order valence-corrected chi connectivity index (χ4v) is 2.63. The quantitative estimate of drug-likeness (QED) is 0.891. The summed E-state index contributed by atoms with van der Waals surface area (Å²) in [5, 5.41) is 5.49. The van der Waals surface area contributed by atoms with Gasteiger partial charge in [0.25, 0.3) is 5.91 Å². The maximum absolute atomic E-state index is 12.5. The molecule has 2 N–H and O–H groups in total. The molecule has 0 radical (unpaired) electrons. The van der Waals surface area contributed by atoms with E-state index in [4.69, 9.17) is 4.74 Å². The van der Waals surface area contributed by atoms with Crippen molar-refractivity contribution in [1.82, 2.24) is 4.98 Å². The Hall–Kier alpha value is -2.93. The molecular weight excluding hydrogens is 320 g/mol. The van der Waals surface area contributed by atoms with Gasteiger partial charge in [0.1, 0.15) is 5.69 Å². The number of pyridine rings is 1. The second-order valence-corrected chi connectivity index (χ2v) is 5.71. The molecule has 130 valence electrons. The number of hydrogen-bond donors (Lipinski definition) is 2. The first-order chi connectivity index (χ1) is 12.1. The Morgan fingerprint density at radius 2 is 1.80 bits per heavy atom. The average Bonchev–Trinajstić information content (AvgIpc) is 2.62. The van der Waals surface area contributed by atoms with Gasteiger partial charge >= 0.3 is 0 Å². The van der Waals surface area contributed by atoms with E-state index in [1.807, 2.05) is 6.07 Å². The highest BCUT2D eigenvalue weighted by atomic mass is 16.5. The van der Waals surface area contributed by atoms with Crippen LogP contribution in [0.25, 0.3) is 0 Å². The normalized spacial score (nSPS) is 14.0. The average molecular weight is 340 g/mol. The van der Waals surface area contributed by atoms with Gasteiger partial charge in [-0.2, -0.15) is 0 Å². The molecule has 2 heterocycles. The van der Waals surface area contributed by atoms with Crippen molar-refractivity contribution in [3.05, 3.63) is 48.3 Å². The number of amides is 2. The number of hydrogen-bond acceptors (Lipinski definition) is 5. The number of nitrogens with one attached hydrogen (secondary N) is 2. The third-order valence-electron chi connectivity index (χ3n) is 3.79. The van der Waals surface area contributed by atoms with Gasteiger partial charge in [0.2, 0.25) is 5.91 Å². The Bertz CT molecular complexity index is 772. The smallest absolute Gasteiger partial charge is 0.274 e. The van der Waals surface area contributed by atoms with Crippen LogP contribution in [-0.2, 0) is 9.53 Å². The molecule has 1 fully saturated rings. The van der Waals surface area contributed by atoms with Crippen LogP contribution >= 0.6 is 0 Å². The Morgan fingerprint density at radius 1 is 1.08 bits per heavy atom. The molecular formula is C18H20N4O3. The second kappa shape index (κ2) is 7.76. The molecule has 1 aliphatic heterocycles. The van der Waals surface area contributed by atoms with Gasteiger partial charge in [-0.15, -0.1) is 0 Å². The van der Waals surface area contributed by atoms with Crippen LogP contribution < -0.4 is 15.5 Å². The molecule has 1 saturated heterocycles. The number of morpholine rings is 1. The molecule has 1 aliphatic rings. The summed E-state index contributed by atoms with van der Waals surface area (Å²) in [4.78, 5) is 29.9. The van der Waals surface area contributed by atoms with Gasteiger partial charge in [-0.25, -0.2) is 0 Å². The zero-order valence-corrected chi connectivity index (χ0v) is 14.0. The van der Waals surface area contributed by atoms with Crippen molar-refractivity contribution < 1.29 is 14.3 Å². The lowest BCUT2D eigenvalue weighted by molar-refractivity contribution is -0.114. The SMILES string of the molecule is CC(=O)Nc1cccc(NC(=O)c2cc(N3CCOCC3)ccn2)c1. The molecule has 0 spiro atoms. The summed E-state index contributed by atoms with van der Waals surface area (Å²) in [5.41, 5.74) is 2.51. The standard InChI is InChI=1S/C18H20N4O3/c1-13(23)20-14-3-2-4-15(11-14)21-18(24)17-12-16(5-6-19-17)22-7-9-25-10-8-22/h2-6,11-12H,7-10H2,1H3,(H,20,23)(H,21,24). The Balaban J connectivity index is 1.72. The fourth-order valence-electron chi connectivity index (χ4n) is 2.63. The number of carbonyl (C=O) groups is 2. The number of ether oxygens (including phenoxy) is 1. The van der Waals surface area contributed by atoms with Crippen molar-refractivity contribution >= 4 is 28.9 Å². The molecule has 0 atom stereocenters. The Labute approximate surface area is 146 Å². The molecule has 3 rings (SSSR count). The summed E-state index contributed by atoms with van der Waals surface area (Å²) in [6.45, 7) is 4.39. The minimum Gasteiger partial charge on any atom is -0.378 e. The molecule has 7 nitrogen and oxygen atoms in total. The predicted octanol–water partition coefficient (Wildman–Crippen LogP) is 2.13. The van der Waals surface area contributed by atoms with Gasteiger partial charge in [0.05, 0.1) is 13.2 Å². The first-order valence-electron chi connectivity index (χ1n) is 8.09. The van der Waals surface area contributed by atoms with E-state index < -0.39 is 0 Å². The van der Waals surface area contributed by atoms with Crippen molar-refractivity contribution in [1.29, 1.82) is 0 Å². The van der Waals surface area contributed by atoms with Crippen LogP contribution in [0.15, 0.2) is 42.6 Å². The topological polar surface area (TPSA) is 83.6 Å². The predicted molar refractivity (Wildman–Crippen MR) is 96.0 cm³/mol. The van der Waals surface area contributed by atoms with Crippen LogP contribution in [-0.4, -0.2) is 43.1 Å². The molecule has 0 aliphatic carbocycles. The van der Waals surface area contributed by atoms with Crippen molar-refractivity contribution in [3.8, 4) is 0 Å². The highest BCUT2D eigenvalue weighted by molar-refractivity contribution is 6.03. The summed E-state index contributed by atoms with van der Waals surface area (Å²) in [6.07, 6.45) is 1.63. The number of rotatable bonds is 4. The molecule has 0 saturated carbocycles. The lowest BCUT2D eigenvalue weighted by Gasteiger charge is -2.28. The van der Waals surface area contributed by atoms with E-state index in [-0.39, 0.29) is 11.8 Å². The van der Waals surface area contributed by atoms with Gasteiger partial charge in [-0.05, 0) is 30.3 Å².